The minimum Gasteiger partial charge on any atom is -0.468 e. The maximum Gasteiger partial charge on any atom is 0.338 e. The number of rotatable bonds is 11. The van der Waals surface area contributed by atoms with Crippen LogP contribution in [0.1, 0.15) is 42.3 Å². The molecule has 0 aliphatic heterocycles. The Morgan fingerprint density at radius 3 is 2.70 bits per heavy atom. The molecular formula is C21H26N2O6S. The average molecular weight is 435 g/mol. The first-order chi connectivity index (χ1) is 14.4. The Bertz CT molecular complexity index is 967. The van der Waals surface area contributed by atoms with E-state index in [1.165, 1.54) is 30.5 Å². The van der Waals surface area contributed by atoms with E-state index in [1.54, 1.807) is 17.0 Å². The van der Waals surface area contributed by atoms with Gasteiger partial charge < -0.3 is 14.1 Å². The number of ether oxygens (including phenoxy) is 1. The molecule has 1 amide bonds. The molecule has 1 aromatic carbocycles. The van der Waals surface area contributed by atoms with Gasteiger partial charge in [-0.15, -0.1) is 0 Å². The molecule has 0 unspecified atom stereocenters. The number of benzene rings is 1. The molecule has 8 nitrogen and oxygen atoms in total. The second-order valence-electron chi connectivity index (χ2n) is 7.29. The van der Waals surface area contributed by atoms with Crippen LogP contribution in [-0.4, -0.2) is 44.9 Å². The predicted octanol–water partition coefficient (Wildman–Crippen LogP) is 2.56. The molecule has 1 aromatic heterocycles. The van der Waals surface area contributed by atoms with Gasteiger partial charge in [-0.25, -0.2) is 17.9 Å². The van der Waals surface area contributed by atoms with E-state index in [0.29, 0.717) is 24.8 Å². The van der Waals surface area contributed by atoms with Crippen molar-refractivity contribution in [3.8, 4) is 0 Å². The van der Waals surface area contributed by atoms with Gasteiger partial charge in [0.15, 0.2) is 6.61 Å². The van der Waals surface area contributed by atoms with Gasteiger partial charge in [-0.05, 0) is 55.5 Å². The number of esters is 1. The molecular weight excluding hydrogens is 408 g/mol. The molecule has 0 spiro atoms. The number of carbonyl (C=O) groups is 2. The summed E-state index contributed by atoms with van der Waals surface area (Å²) in [5, 5.41) is 0. The van der Waals surface area contributed by atoms with Crippen molar-refractivity contribution in [2.45, 2.75) is 37.6 Å². The summed E-state index contributed by atoms with van der Waals surface area (Å²) < 4.78 is 37.6. The second kappa shape index (κ2) is 9.90. The zero-order chi connectivity index (χ0) is 21.6. The minimum absolute atomic E-state index is 0.00718. The highest BCUT2D eigenvalue weighted by Crippen LogP contribution is 2.29. The van der Waals surface area contributed by atoms with Gasteiger partial charge in [0.05, 0.1) is 23.3 Å². The molecule has 1 saturated carbocycles. The van der Waals surface area contributed by atoms with Crippen LogP contribution in [0.5, 0.6) is 0 Å². The molecule has 1 aliphatic rings. The van der Waals surface area contributed by atoms with Crippen molar-refractivity contribution in [2.75, 3.05) is 19.7 Å². The summed E-state index contributed by atoms with van der Waals surface area (Å²) in [5.74, 6) is 0.0394. The molecule has 0 atom stereocenters. The van der Waals surface area contributed by atoms with Gasteiger partial charge in [0.25, 0.3) is 5.91 Å². The maximum absolute atomic E-state index is 12.5. The number of hydrogen-bond donors (Lipinski definition) is 1. The molecule has 3 rings (SSSR count). The molecule has 0 bridgehead atoms. The number of nitrogens with zero attached hydrogens (tertiary/aromatic N) is 1. The first kappa shape index (κ1) is 22.0. The van der Waals surface area contributed by atoms with Crippen LogP contribution in [0.3, 0.4) is 0 Å². The highest BCUT2D eigenvalue weighted by atomic mass is 32.2. The summed E-state index contributed by atoms with van der Waals surface area (Å²) in [6.07, 6.45) is 4.54. The third kappa shape index (κ3) is 6.17. The first-order valence-corrected chi connectivity index (χ1v) is 11.4. The van der Waals surface area contributed by atoms with E-state index >= 15 is 0 Å². The molecule has 0 saturated heterocycles. The molecule has 1 aliphatic carbocycles. The van der Waals surface area contributed by atoms with Crippen LogP contribution < -0.4 is 4.72 Å². The predicted molar refractivity (Wildman–Crippen MR) is 109 cm³/mol. The van der Waals surface area contributed by atoms with Gasteiger partial charge in [-0.1, -0.05) is 13.0 Å². The highest BCUT2D eigenvalue weighted by Gasteiger charge is 2.27. The fraction of sp³-hybridized carbons (Fsp3) is 0.429. The Morgan fingerprint density at radius 2 is 2.03 bits per heavy atom. The van der Waals surface area contributed by atoms with Gasteiger partial charge >= 0.3 is 5.97 Å². The molecule has 162 valence electrons. The number of hydrogen-bond acceptors (Lipinski definition) is 6. The Hall–Kier alpha value is -2.65. The molecule has 1 fully saturated rings. The average Bonchev–Trinajstić information content (AvgIpc) is 3.40. The highest BCUT2D eigenvalue weighted by molar-refractivity contribution is 7.89. The molecule has 9 heteroatoms. The van der Waals surface area contributed by atoms with Crippen molar-refractivity contribution < 1.29 is 27.2 Å². The number of sulfonamides is 1. The standard InChI is InChI=1S/C21H26N2O6S/c1-2-10-23(14-16-8-9-16)20(24)15-29-21(25)17-5-3-7-19(12-17)30(26,27)22-13-18-6-4-11-28-18/h3-7,11-12,16,22H,2,8-10,13-15H2,1H3. The fourth-order valence-electron chi connectivity index (χ4n) is 2.95. The van der Waals surface area contributed by atoms with Crippen LogP contribution in [0.4, 0.5) is 0 Å². The lowest BCUT2D eigenvalue weighted by Gasteiger charge is -2.21. The number of amides is 1. The third-order valence-corrected chi connectivity index (χ3v) is 6.14. The zero-order valence-corrected chi connectivity index (χ0v) is 17.7. The summed E-state index contributed by atoms with van der Waals surface area (Å²) in [6.45, 7) is 2.94. The van der Waals surface area contributed by atoms with Crippen molar-refractivity contribution in [2.24, 2.45) is 5.92 Å². The van der Waals surface area contributed by atoms with Gasteiger partial charge in [0, 0.05) is 13.1 Å². The number of carbonyl (C=O) groups excluding carboxylic acids is 2. The Morgan fingerprint density at radius 1 is 1.23 bits per heavy atom. The topological polar surface area (TPSA) is 106 Å². The van der Waals surface area contributed by atoms with E-state index in [1.807, 2.05) is 6.92 Å². The van der Waals surface area contributed by atoms with E-state index in [0.717, 1.165) is 19.3 Å². The second-order valence-corrected chi connectivity index (χ2v) is 9.06. The summed E-state index contributed by atoms with van der Waals surface area (Å²) in [6, 6.07) is 8.82. The minimum atomic E-state index is -3.84. The lowest BCUT2D eigenvalue weighted by molar-refractivity contribution is -0.134. The first-order valence-electron chi connectivity index (χ1n) is 9.96. The van der Waals surface area contributed by atoms with Crippen LogP contribution in [0, 0.1) is 5.92 Å². The van der Waals surface area contributed by atoms with Crippen molar-refractivity contribution in [3.63, 3.8) is 0 Å². The molecule has 30 heavy (non-hydrogen) atoms. The molecule has 1 heterocycles. The van der Waals surface area contributed by atoms with Crippen LogP contribution >= 0.6 is 0 Å². The van der Waals surface area contributed by atoms with Crippen molar-refractivity contribution in [3.05, 3.63) is 54.0 Å². The third-order valence-electron chi connectivity index (χ3n) is 4.75. The summed E-state index contributed by atoms with van der Waals surface area (Å²) in [5.41, 5.74) is 0.0629. The molecule has 1 N–H and O–H groups in total. The van der Waals surface area contributed by atoms with Crippen LogP contribution in [0.2, 0.25) is 0 Å². The van der Waals surface area contributed by atoms with E-state index in [-0.39, 0.29) is 29.5 Å². The Kier molecular flexibility index (Phi) is 7.28. The quantitative estimate of drug-likeness (QED) is 0.545. The van der Waals surface area contributed by atoms with Crippen LogP contribution in [-0.2, 0) is 26.1 Å². The van der Waals surface area contributed by atoms with E-state index in [9.17, 15) is 18.0 Å². The van der Waals surface area contributed by atoms with E-state index in [2.05, 4.69) is 4.72 Å². The zero-order valence-electron chi connectivity index (χ0n) is 16.9. The lowest BCUT2D eigenvalue weighted by Crippen LogP contribution is -2.36. The molecule has 0 radical (unpaired) electrons. The summed E-state index contributed by atoms with van der Waals surface area (Å²) >= 11 is 0. The summed E-state index contributed by atoms with van der Waals surface area (Å²) in [4.78, 5) is 26.4. The molecule has 2 aromatic rings. The Balaban J connectivity index is 1.58. The SMILES string of the molecule is CCCN(CC1CC1)C(=O)COC(=O)c1cccc(S(=O)(=O)NCc2ccco2)c1. The normalized spacial score (nSPS) is 13.8. The number of nitrogens with one attached hydrogen (secondary N) is 1. The van der Waals surface area contributed by atoms with E-state index < -0.39 is 16.0 Å². The lowest BCUT2D eigenvalue weighted by atomic mass is 10.2. The largest absolute Gasteiger partial charge is 0.468 e. The van der Waals surface area contributed by atoms with E-state index in [4.69, 9.17) is 9.15 Å². The van der Waals surface area contributed by atoms with Crippen molar-refractivity contribution >= 4 is 21.9 Å². The summed E-state index contributed by atoms with van der Waals surface area (Å²) in [7, 11) is -3.84. The van der Waals surface area contributed by atoms with Gasteiger partial charge in [0.2, 0.25) is 10.0 Å². The van der Waals surface area contributed by atoms with Gasteiger partial charge in [-0.3, -0.25) is 4.79 Å². The van der Waals surface area contributed by atoms with Crippen LogP contribution in [0.15, 0.2) is 52.0 Å². The maximum atomic E-state index is 12.5. The monoisotopic (exact) mass is 434 g/mol. The smallest absolute Gasteiger partial charge is 0.338 e. The van der Waals surface area contributed by atoms with Crippen molar-refractivity contribution in [1.82, 2.24) is 9.62 Å². The van der Waals surface area contributed by atoms with Crippen molar-refractivity contribution in [1.29, 1.82) is 0 Å². The fourth-order valence-corrected chi connectivity index (χ4v) is 3.99. The van der Waals surface area contributed by atoms with Gasteiger partial charge in [0.1, 0.15) is 5.76 Å². The Labute approximate surface area is 176 Å². The van der Waals surface area contributed by atoms with Gasteiger partial charge in [-0.2, -0.15) is 0 Å². The van der Waals surface area contributed by atoms with Crippen LogP contribution in [0.25, 0.3) is 0 Å². The number of furan rings is 1.